The van der Waals surface area contributed by atoms with Gasteiger partial charge in [-0.05, 0) is 49.2 Å². The summed E-state index contributed by atoms with van der Waals surface area (Å²) in [5, 5.41) is 11.4. The fraction of sp³-hybridized carbons (Fsp3) is 0.350. The van der Waals surface area contributed by atoms with Crippen LogP contribution in [0.2, 0.25) is 0 Å². The molecule has 0 atom stereocenters. The van der Waals surface area contributed by atoms with Crippen LogP contribution in [0, 0.1) is 13.8 Å². The number of nitrogens with zero attached hydrogens (tertiary/aromatic N) is 1. The molecule has 0 bridgehead atoms. The summed E-state index contributed by atoms with van der Waals surface area (Å²) < 4.78 is 11.0. The second kappa shape index (κ2) is 8.32. The number of para-hydroxylation sites is 1. The number of anilines is 1. The smallest absolute Gasteiger partial charge is 0.288 e. The molecular formula is C20H25NO3S. The van der Waals surface area contributed by atoms with E-state index in [1.807, 2.05) is 37.3 Å². The summed E-state index contributed by atoms with van der Waals surface area (Å²) in [6.45, 7) is 8.53. The first-order chi connectivity index (χ1) is 11.8. The van der Waals surface area contributed by atoms with Crippen molar-refractivity contribution in [2.24, 2.45) is 0 Å². The lowest BCUT2D eigenvalue weighted by Crippen LogP contribution is -2.29. The Labute approximate surface area is 155 Å². The third-order valence-electron chi connectivity index (χ3n) is 4.05. The number of ether oxygens (including phenoxy) is 2. The summed E-state index contributed by atoms with van der Waals surface area (Å²) in [7, 11) is 1.44. The molecule has 0 spiro atoms. The van der Waals surface area contributed by atoms with E-state index in [1.165, 1.54) is 12.7 Å². The highest BCUT2D eigenvalue weighted by Gasteiger charge is 2.20. The lowest BCUT2D eigenvalue weighted by atomic mass is 9.97. The predicted octanol–water partition coefficient (Wildman–Crippen LogP) is 5.13. The largest absolute Gasteiger partial charge is 0.489 e. The fourth-order valence-electron chi connectivity index (χ4n) is 2.75. The number of aryl methyl sites for hydroxylation is 2. The molecule has 2 aromatic carbocycles. The predicted molar refractivity (Wildman–Crippen MR) is 105 cm³/mol. The zero-order valence-corrected chi connectivity index (χ0v) is 16.2. The Bertz CT molecular complexity index is 759. The fourth-order valence-corrected chi connectivity index (χ4v) is 2.84. The van der Waals surface area contributed by atoms with E-state index >= 15 is 0 Å². The number of rotatable bonds is 5. The molecule has 0 unspecified atom stereocenters. The molecule has 0 radical (unpaired) electrons. The number of hydroxylamine groups is 1. The van der Waals surface area contributed by atoms with Gasteiger partial charge in [-0.25, -0.2) is 0 Å². The van der Waals surface area contributed by atoms with E-state index in [0.717, 1.165) is 27.5 Å². The standard InChI is InChI=1S/C20H25NO3S/c1-13(2)17-8-6-7-16(19(17)21(22)20(25)23-5)12-24-18-10-9-14(3)11-15(18)4/h6-11,13,22H,12H2,1-5H3. The maximum Gasteiger partial charge on any atom is 0.288 e. The maximum atomic E-state index is 10.5. The minimum atomic E-state index is 0.000802. The van der Waals surface area contributed by atoms with E-state index in [4.69, 9.17) is 21.7 Å². The first-order valence-electron chi connectivity index (χ1n) is 8.24. The number of benzene rings is 2. The van der Waals surface area contributed by atoms with Crippen LogP contribution in [-0.2, 0) is 11.3 Å². The number of hydrogen-bond acceptors (Lipinski definition) is 4. The van der Waals surface area contributed by atoms with Crippen molar-refractivity contribution >= 4 is 23.1 Å². The Morgan fingerprint density at radius 2 is 1.92 bits per heavy atom. The van der Waals surface area contributed by atoms with Crippen LogP contribution in [0.3, 0.4) is 0 Å². The molecule has 0 amide bonds. The molecule has 0 fully saturated rings. The van der Waals surface area contributed by atoms with Crippen molar-refractivity contribution in [1.82, 2.24) is 0 Å². The summed E-state index contributed by atoms with van der Waals surface area (Å²) in [6.07, 6.45) is 0. The van der Waals surface area contributed by atoms with Crippen molar-refractivity contribution in [3.63, 3.8) is 0 Å². The maximum absolute atomic E-state index is 10.5. The summed E-state index contributed by atoms with van der Waals surface area (Å²) in [6, 6.07) is 11.9. The molecule has 0 saturated carbocycles. The molecule has 2 rings (SSSR count). The Balaban J connectivity index is 2.36. The van der Waals surface area contributed by atoms with Gasteiger partial charge in [0.15, 0.2) is 0 Å². The van der Waals surface area contributed by atoms with Gasteiger partial charge < -0.3 is 9.47 Å². The van der Waals surface area contributed by atoms with Crippen LogP contribution in [0.4, 0.5) is 5.69 Å². The van der Waals surface area contributed by atoms with Crippen LogP contribution in [-0.4, -0.2) is 17.5 Å². The van der Waals surface area contributed by atoms with Gasteiger partial charge in [0.25, 0.3) is 5.17 Å². The lowest BCUT2D eigenvalue weighted by molar-refractivity contribution is 0.263. The van der Waals surface area contributed by atoms with E-state index in [9.17, 15) is 5.21 Å². The van der Waals surface area contributed by atoms with Crippen molar-refractivity contribution in [1.29, 1.82) is 0 Å². The molecule has 134 valence electrons. The molecular weight excluding hydrogens is 334 g/mol. The summed E-state index contributed by atoms with van der Waals surface area (Å²) in [5.74, 6) is 1.04. The van der Waals surface area contributed by atoms with Crippen molar-refractivity contribution in [2.45, 2.75) is 40.2 Å². The van der Waals surface area contributed by atoms with Gasteiger partial charge in [0.1, 0.15) is 12.4 Å². The first kappa shape index (κ1) is 19.2. The number of thiocarbonyl (C=S) groups is 1. The summed E-state index contributed by atoms with van der Waals surface area (Å²) in [5.41, 5.74) is 4.71. The van der Waals surface area contributed by atoms with Gasteiger partial charge in [0.05, 0.1) is 12.8 Å². The van der Waals surface area contributed by atoms with Gasteiger partial charge in [-0.1, -0.05) is 49.7 Å². The summed E-state index contributed by atoms with van der Waals surface area (Å²) in [4.78, 5) is 0. The Morgan fingerprint density at radius 3 is 2.52 bits per heavy atom. The van der Waals surface area contributed by atoms with Crippen molar-refractivity contribution < 1.29 is 14.7 Å². The van der Waals surface area contributed by atoms with Crippen LogP contribution in [0.25, 0.3) is 0 Å². The molecule has 1 N–H and O–H groups in total. The van der Waals surface area contributed by atoms with Crippen LogP contribution < -0.4 is 9.80 Å². The van der Waals surface area contributed by atoms with Gasteiger partial charge in [0, 0.05) is 5.56 Å². The molecule has 0 saturated heterocycles. The molecule has 0 aliphatic rings. The van der Waals surface area contributed by atoms with E-state index in [2.05, 4.69) is 26.8 Å². The quantitative estimate of drug-likeness (QED) is 0.592. The van der Waals surface area contributed by atoms with Crippen molar-refractivity contribution in [3.8, 4) is 5.75 Å². The Hall–Kier alpha value is -2.11. The highest BCUT2D eigenvalue weighted by molar-refractivity contribution is 7.80. The van der Waals surface area contributed by atoms with Gasteiger partial charge in [-0.15, -0.1) is 0 Å². The van der Waals surface area contributed by atoms with Gasteiger partial charge in [-0.2, -0.15) is 5.06 Å². The Morgan fingerprint density at radius 1 is 1.20 bits per heavy atom. The monoisotopic (exact) mass is 359 g/mol. The van der Waals surface area contributed by atoms with E-state index in [-0.39, 0.29) is 11.1 Å². The topological polar surface area (TPSA) is 41.9 Å². The lowest BCUT2D eigenvalue weighted by Gasteiger charge is -2.24. The Kier molecular flexibility index (Phi) is 6.39. The first-order valence-corrected chi connectivity index (χ1v) is 8.64. The third-order valence-corrected chi connectivity index (χ3v) is 4.39. The van der Waals surface area contributed by atoms with Gasteiger partial charge in [0.2, 0.25) is 0 Å². The van der Waals surface area contributed by atoms with E-state index in [0.29, 0.717) is 12.3 Å². The normalized spacial score (nSPS) is 10.7. The minimum absolute atomic E-state index is 0.000802. The van der Waals surface area contributed by atoms with E-state index < -0.39 is 0 Å². The SMILES string of the molecule is COC(=S)N(O)c1c(COc2ccc(C)cc2C)cccc1C(C)C. The molecule has 4 nitrogen and oxygen atoms in total. The van der Waals surface area contributed by atoms with Crippen LogP contribution in [0.15, 0.2) is 36.4 Å². The molecule has 5 heteroatoms. The second-order valence-corrected chi connectivity index (χ2v) is 6.70. The molecule has 0 aromatic heterocycles. The number of hydrogen-bond donors (Lipinski definition) is 1. The minimum Gasteiger partial charge on any atom is -0.489 e. The third kappa shape index (κ3) is 4.50. The zero-order valence-electron chi connectivity index (χ0n) is 15.4. The number of methoxy groups -OCH3 is 1. The van der Waals surface area contributed by atoms with Crippen molar-refractivity contribution in [2.75, 3.05) is 12.2 Å². The van der Waals surface area contributed by atoms with Gasteiger partial charge in [-0.3, -0.25) is 5.21 Å². The highest BCUT2D eigenvalue weighted by atomic mass is 32.1. The average Bonchev–Trinajstić information content (AvgIpc) is 2.59. The van der Waals surface area contributed by atoms with Gasteiger partial charge >= 0.3 is 0 Å². The van der Waals surface area contributed by atoms with Crippen LogP contribution in [0.1, 0.15) is 42.0 Å². The second-order valence-electron chi connectivity index (χ2n) is 6.35. The molecule has 0 heterocycles. The zero-order chi connectivity index (χ0) is 18.6. The van der Waals surface area contributed by atoms with Crippen LogP contribution >= 0.6 is 12.2 Å². The van der Waals surface area contributed by atoms with Crippen molar-refractivity contribution in [3.05, 3.63) is 58.7 Å². The molecule has 2 aromatic rings. The average molecular weight is 359 g/mol. The summed E-state index contributed by atoms with van der Waals surface area (Å²) >= 11 is 5.09. The van der Waals surface area contributed by atoms with Crippen LogP contribution in [0.5, 0.6) is 5.75 Å². The molecule has 0 aliphatic heterocycles. The molecule has 25 heavy (non-hydrogen) atoms. The van der Waals surface area contributed by atoms with E-state index in [1.54, 1.807) is 0 Å². The highest BCUT2D eigenvalue weighted by Crippen LogP contribution is 2.32. The molecule has 0 aliphatic carbocycles.